The van der Waals surface area contributed by atoms with E-state index in [1.54, 1.807) is 0 Å². The van der Waals surface area contributed by atoms with Gasteiger partial charge in [0.1, 0.15) is 12.2 Å². The number of fused-ring (bicyclic) bond motifs is 3. The quantitative estimate of drug-likeness (QED) is 0.781. The molecule has 4 rings (SSSR count). The number of ether oxygens (including phenoxy) is 1. The van der Waals surface area contributed by atoms with Crippen molar-refractivity contribution in [3.05, 3.63) is 35.0 Å². The lowest BCUT2D eigenvalue weighted by Crippen LogP contribution is -2.14. The van der Waals surface area contributed by atoms with Crippen LogP contribution in [0.15, 0.2) is 22.7 Å². The third kappa shape index (κ3) is 1.31. The Morgan fingerprint density at radius 3 is 3.20 bits per heavy atom. The number of nitrogens with zero attached hydrogens (tertiary/aromatic N) is 2. The minimum atomic E-state index is -0.279. The number of aromatic nitrogens is 1. The Hall–Kier alpha value is -2.61. The first-order valence-corrected chi connectivity index (χ1v) is 6.47. The first-order chi connectivity index (χ1) is 9.81. The maximum atomic E-state index is 12.0. The highest BCUT2D eigenvalue weighted by Crippen LogP contribution is 2.53. The zero-order chi connectivity index (χ0) is 13.7. The Morgan fingerprint density at radius 2 is 2.35 bits per heavy atom. The van der Waals surface area contributed by atoms with E-state index in [9.17, 15) is 4.79 Å². The van der Waals surface area contributed by atoms with Crippen LogP contribution in [0.3, 0.4) is 0 Å². The lowest BCUT2D eigenvalue weighted by Gasteiger charge is -2.22. The topological polar surface area (TPSA) is 76.1 Å². The molecular weight excluding hydrogens is 256 g/mol. The molecule has 0 saturated heterocycles. The second kappa shape index (κ2) is 3.94. The Labute approximate surface area is 114 Å². The van der Waals surface area contributed by atoms with Gasteiger partial charge in [-0.2, -0.15) is 5.26 Å². The molecule has 0 radical (unpaired) electrons. The molecule has 2 aromatic rings. The third-order valence-corrected chi connectivity index (χ3v) is 3.90. The highest BCUT2D eigenvalue weighted by molar-refractivity contribution is 5.99. The molecule has 98 valence electrons. The SMILES string of the molecule is N#CCC(=O)c1noc2c1C1CCOc3cccc-2c31. The molecule has 0 amide bonds. The highest BCUT2D eigenvalue weighted by atomic mass is 16.5. The van der Waals surface area contributed by atoms with Crippen LogP contribution in [0.2, 0.25) is 0 Å². The van der Waals surface area contributed by atoms with Gasteiger partial charge in [0.15, 0.2) is 17.2 Å². The average Bonchev–Trinajstić information content (AvgIpc) is 3.02. The fraction of sp³-hybridized carbons (Fsp3) is 0.267. The lowest BCUT2D eigenvalue weighted by atomic mass is 9.90. The van der Waals surface area contributed by atoms with Gasteiger partial charge in [-0.3, -0.25) is 4.79 Å². The minimum Gasteiger partial charge on any atom is -0.493 e. The zero-order valence-corrected chi connectivity index (χ0v) is 10.5. The summed E-state index contributed by atoms with van der Waals surface area (Å²) in [7, 11) is 0. The van der Waals surface area contributed by atoms with Gasteiger partial charge in [0.05, 0.1) is 12.7 Å². The van der Waals surface area contributed by atoms with Gasteiger partial charge >= 0.3 is 0 Å². The van der Waals surface area contributed by atoms with Crippen molar-refractivity contribution in [1.29, 1.82) is 5.26 Å². The second-order valence-corrected chi connectivity index (χ2v) is 4.94. The lowest BCUT2D eigenvalue weighted by molar-refractivity contribution is 0.0987. The molecule has 2 heterocycles. The summed E-state index contributed by atoms with van der Waals surface area (Å²) in [6.07, 6.45) is 0.621. The molecule has 1 aliphatic carbocycles. The van der Waals surface area contributed by atoms with Gasteiger partial charge in [0.2, 0.25) is 0 Å². The molecule has 0 saturated carbocycles. The number of rotatable bonds is 2. The van der Waals surface area contributed by atoms with E-state index < -0.39 is 0 Å². The van der Waals surface area contributed by atoms with E-state index in [0.717, 1.165) is 28.9 Å². The Kier molecular flexibility index (Phi) is 2.21. The molecule has 0 spiro atoms. The molecule has 1 aliphatic heterocycles. The van der Waals surface area contributed by atoms with Gasteiger partial charge in [0, 0.05) is 22.6 Å². The highest BCUT2D eigenvalue weighted by Gasteiger charge is 2.40. The summed E-state index contributed by atoms with van der Waals surface area (Å²) in [5, 5.41) is 12.6. The zero-order valence-electron chi connectivity index (χ0n) is 10.5. The normalized spacial score (nSPS) is 17.9. The van der Waals surface area contributed by atoms with Crippen LogP contribution in [-0.4, -0.2) is 17.5 Å². The Morgan fingerprint density at radius 1 is 1.45 bits per heavy atom. The van der Waals surface area contributed by atoms with Gasteiger partial charge in [-0.15, -0.1) is 0 Å². The van der Waals surface area contributed by atoms with E-state index in [1.807, 2.05) is 24.3 Å². The fourth-order valence-electron chi connectivity index (χ4n) is 3.12. The van der Waals surface area contributed by atoms with Crippen LogP contribution >= 0.6 is 0 Å². The van der Waals surface area contributed by atoms with Crippen molar-refractivity contribution in [2.45, 2.75) is 18.8 Å². The van der Waals surface area contributed by atoms with Gasteiger partial charge < -0.3 is 9.26 Å². The summed E-state index contributed by atoms with van der Waals surface area (Å²) >= 11 is 0. The van der Waals surface area contributed by atoms with E-state index in [0.29, 0.717) is 18.1 Å². The van der Waals surface area contributed by atoms with Crippen molar-refractivity contribution in [3.8, 4) is 23.1 Å². The molecule has 2 aliphatic rings. The number of carbonyl (C=O) groups excluding carboxylic acids is 1. The smallest absolute Gasteiger partial charge is 0.199 e. The van der Waals surface area contributed by atoms with Crippen molar-refractivity contribution >= 4 is 5.78 Å². The molecule has 1 aromatic carbocycles. The number of hydrogen-bond acceptors (Lipinski definition) is 5. The van der Waals surface area contributed by atoms with Gasteiger partial charge in [-0.05, 0) is 12.5 Å². The predicted octanol–water partition coefficient (Wildman–Crippen LogP) is 2.67. The summed E-state index contributed by atoms with van der Waals surface area (Å²) in [4.78, 5) is 12.0. The molecule has 5 heteroatoms. The first-order valence-electron chi connectivity index (χ1n) is 6.47. The van der Waals surface area contributed by atoms with Crippen LogP contribution in [0.5, 0.6) is 5.75 Å². The summed E-state index contributed by atoms with van der Waals surface area (Å²) in [6.45, 7) is 0.609. The molecule has 20 heavy (non-hydrogen) atoms. The average molecular weight is 266 g/mol. The number of ketones is 1. The van der Waals surface area contributed by atoms with Crippen molar-refractivity contribution in [2.75, 3.05) is 6.61 Å². The van der Waals surface area contributed by atoms with Crippen LogP contribution in [0, 0.1) is 11.3 Å². The number of Topliss-reactive ketones (excluding diaryl/α,β-unsaturated/α-hetero) is 1. The van der Waals surface area contributed by atoms with Crippen LogP contribution < -0.4 is 4.74 Å². The molecule has 0 fully saturated rings. The number of nitriles is 1. The summed E-state index contributed by atoms with van der Waals surface area (Å²) in [5.74, 6) is 1.31. The monoisotopic (exact) mass is 266 g/mol. The minimum absolute atomic E-state index is 0.0915. The number of carbonyl (C=O) groups is 1. The van der Waals surface area contributed by atoms with E-state index in [-0.39, 0.29) is 18.1 Å². The Balaban J connectivity index is 1.93. The second-order valence-electron chi connectivity index (χ2n) is 4.94. The molecule has 1 unspecified atom stereocenters. The van der Waals surface area contributed by atoms with E-state index in [4.69, 9.17) is 14.5 Å². The summed E-state index contributed by atoms with van der Waals surface area (Å²) in [6, 6.07) is 7.66. The maximum absolute atomic E-state index is 12.0. The predicted molar refractivity (Wildman–Crippen MR) is 68.5 cm³/mol. The van der Waals surface area contributed by atoms with Crippen molar-refractivity contribution < 1.29 is 14.1 Å². The molecular formula is C15H10N2O3. The van der Waals surface area contributed by atoms with Crippen LogP contribution in [0.4, 0.5) is 0 Å². The van der Waals surface area contributed by atoms with Gasteiger partial charge in [0.25, 0.3) is 0 Å². The van der Waals surface area contributed by atoms with Crippen LogP contribution in [0.25, 0.3) is 11.3 Å². The number of benzene rings is 1. The van der Waals surface area contributed by atoms with Crippen molar-refractivity contribution in [2.24, 2.45) is 0 Å². The van der Waals surface area contributed by atoms with Crippen LogP contribution in [-0.2, 0) is 0 Å². The first kappa shape index (κ1) is 11.2. The maximum Gasteiger partial charge on any atom is 0.199 e. The standard InChI is InChI=1S/C15H10N2O3/c16-6-4-10(18)14-13-8-5-7-19-11-3-1-2-9(12(8)11)15(13)20-17-14/h1-3,8H,4-5,7H2. The van der Waals surface area contributed by atoms with Gasteiger partial charge in [-0.1, -0.05) is 17.3 Å². The largest absolute Gasteiger partial charge is 0.493 e. The molecule has 1 atom stereocenters. The van der Waals surface area contributed by atoms with Crippen molar-refractivity contribution in [3.63, 3.8) is 0 Å². The third-order valence-electron chi connectivity index (χ3n) is 3.90. The molecule has 5 nitrogen and oxygen atoms in total. The fourth-order valence-corrected chi connectivity index (χ4v) is 3.12. The molecule has 0 bridgehead atoms. The molecule has 0 N–H and O–H groups in total. The van der Waals surface area contributed by atoms with E-state index >= 15 is 0 Å². The number of hydrogen-bond donors (Lipinski definition) is 0. The Bertz CT molecular complexity index is 770. The molecule has 1 aromatic heterocycles. The van der Waals surface area contributed by atoms with Gasteiger partial charge in [-0.25, -0.2) is 0 Å². The summed E-state index contributed by atoms with van der Waals surface area (Å²) < 4.78 is 11.0. The summed E-state index contributed by atoms with van der Waals surface area (Å²) in [5.41, 5.74) is 3.17. The van der Waals surface area contributed by atoms with Crippen LogP contribution in [0.1, 0.15) is 40.4 Å². The van der Waals surface area contributed by atoms with E-state index in [2.05, 4.69) is 5.16 Å². The van der Waals surface area contributed by atoms with Crippen molar-refractivity contribution in [1.82, 2.24) is 5.16 Å². The van der Waals surface area contributed by atoms with E-state index in [1.165, 1.54) is 0 Å².